The van der Waals surface area contributed by atoms with E-state index in [9.17, 15) is 28.8 Å². The summed E-state index contributed by atoms with van der Waals surface area (Å²) in [6.07, 6.45) is 4.19. The number of benzene rings is 3. The van der Waals surface area contributed by atoms with Gasteiger partial charge in [-0.15, -0.1) is 11.3 Å². The van der Waals surface area contributed by atoms with Gasteiger partial charge in [0.05, 0.1) is 29.1 Å². The summed E-state index contributed by atoms with van der Waals surface area (Å²) in [6.45, 7) is 10.5. The van der Waals surface area contributed by atoms with Gasteiger partial charge in [-0.05, 0) is 80.8 Å². The average molecular weight is 891 g/mol. The van der Waals surface area contributed by atoms with E-state index in [0.717, 1.165) is 48.3 Å². The number of ether oxygens (including phenoxy) is 1. The molecule has 0 aliphatic carbocycles. The molecular weight excluding hydrogens is 829 g/mol. The topological polar surface area (TPSA) is 167 Å². The van der Waals surface area contributed by atoms with E-state index in [1.54, 1.807) is 36.6 Å². The minimum absolute atomic E-state index is 0.0938. The molecule has 2 aliphatic heterocycles. The maximum Gasteiger partial charge on any atom is 0.309 e. The Bertz CT molecular complexity index is 2220. The summed E-state index contributed by atoms with van der Waals surface area (Å²) >= 11 is 1.16. The fraction of sp³-hybridized carbons (Fsp3) is 0.460. The molecule has 64 heavy (non-hydrogen) atoms. The largest absolute Gasteiger partial charge is 0.461 e. The van der Waals surface area contributed by atoms with Crippen molar-refractivity contribution in [3.8, 4) is 0 Å². The zero-order valence-electron chi connectivity index (χ0n) is 37.8. The highest BCUT2D eigenvalue weighted by Gasteiger charge is 2.43. The van der Waals surface area contributed by atoms with E-state index in [0.29, 0.717) is 24.3 Å². The van der Waals surface area contributed by atoms with Crippen molar-refractivity contribution in [1.82, 2.24) is 30.7 Å². The highest BCUT2D eigenvalue weighted by Crippen LogP contribution is 2.37. The molecule has 2 aliphatic rings. The summed E-state index contributed by atoms with van der Waals surface area (Å²) in [5.74, 6) is -3.22. The molecule has 0 saturated carbocycles. The molecule has 1 aromatic heterocycles. The molecule has 0 unspecified atom stereocenters. The number of hydrogen-bond acceptors (Lipinski definition) is 10. The number of hydrogen-bond donors (Lipinski definition) is 3. The predicted octanol–water partition coefficient (Wildman–Crippen LogP) is 7.14. The van der Waals surface area contributed by atoms with Crippen LogP contribution in [0.4, 0.5) is 0 Å². The van der Waals surface area contributed by atoms with E-state index < -0.39 is 47.8 Å². The lowest BCUT2D eigenvalue weighted by atomic mass is 9.93. The SMILES string of the molecule is CC[C@H](C)[C@H](NC(=O)[C@H]1CCCCN1C)C(=O)N[C@H](C[C@H](c1nc(C(=O)N[C@@H](Cc2ccccc2)C[C@H](C)C(=O)OCc2ccccc2)cs1)N1C(=O)c2ccccc2C1=O)C(C)C. The first-order chi connectivity index (χ1) is 30.7. The van der Waals surface area contributed by atoms with Gasteiger partial charge in [-0.1, -0.05) is 120 Å². The summed E-state index contributed by atoms with van der Waals surface area (Å²) in [7, 11) is 1.93. The van der Waals surface area contributed by atoms with Gasteiger partial charge in [0.15, 0.2) is 0 Å². The Hall–Kier alpha value is -5.73. The maximum absolute atomic E-state index is 14.3. The molecule has 5 amide bonds. The second-order valence-electron chi connectivity index (χ2n) is 17.7. The highest BCUT2D eigenvalue weighted by molar-refractivity contribution is 7.10. The molecule has 3 aromatic carbocycles. The van der Waals surface area contributed by atoms with Crippen LogP contribution in [0.5, 0.6) is 0 Å². The van der Waals surface area contributed by atoms with Crippen molar-refractivity contribution in [3.63, 3.8) is 0 Å². The van der Waals surface area contributed by atoms with E-state index in [4.69, 9.17) is 9.72 Å². The molecule has 4 aromatic rings. The number of nitrogens with one attached hydrogen (secondary N) is 3. The van der Waals surface area contributed by atoms with Crippen LogP contribution in [0.1, 0.15) is 127 Å². The van der Waals surface area contributed by atoms with Gasteiger partial charge in [-0.25, -0.2) is 4.98 Å². The Balaban J connectivity index is 1.23. The summed E-state index contributed by atoms with van der Waals surface area (Å²) in [4.78, 5) is 91.3. The molecule has 3 heterocycles. The molecule has 340 valence electrons. The van der Waals surface area contributed by atoms with Gasteiger partial charge in [0.1, 0.15) is 23.4 Å². The molecule has 0 spiro atoms. The van der Waals surface area contributed by atoms with E-state index in [1.165, 1.54) is 4.90 Å². The zero-order chi connectivity index (χ0) is 45.9. The van der Waals surface area contributed by atoms with Gasteiger partial charge in [0, 0.05) is 17.5 Å². The summed E-state index contributed by atoms with van der Waals surface area (Å²) in [5, 5.41) is 11.3. The van der Waals surface area contributed by atoms with Crippen molar-refractivity contribution in [1.29, 1.82) is 0 Å². The van der Waals surface area contributed by atoms with Crippen molar-refractivity contribution >= 4 is 46.8 Å². The fourth-order valence-corrected chi connectivity index (χ4v) is 9.37. The van der Waals surface area contributed by atoms with Crippen LogP contribution in [0.3, 0.4) is 0 Å². The van der Waals surface area contributed by atoms with Crippen LogP contribution in [0, 0.1) is 17.8 Å². The number of likely N-dealkylation sites (N-methyl/N-ethyl adjacent to an activating group) is 1. The molecule has 13 nitrogen and oxygen atoms in total. The highest BCUT2D eigenvalue weighted by atomic mass is 32.1. The smallest absolute Gasteiger partial charge is 0.309 e. The number of rotatable bonds is 20. The van der Waals surface area contributed by atoms with Crippen molar-refractivity contribution in [2.75, 3.05) is 13.6 Å². The number of fused-ring (bicyclic) bond motifs is 1. The third-order valence-electron chi connectivity index (χ3n) is 12.6. The van der Waals surface area contributed by atoms with Crippen LogP contribution in [-0.2, 0) is 32.1 Å². The normalized spacial score (nSPS) is 18.0. The van der Waals surface area contributed by atoms with Gasteiger partial charge >= 0.3 is 5.97 Å². The number of imide groups is 1. The number of thiazole rings is 1. The van der Waals surface area contributed by atoms with Crippen molar-refractivity contribution in [3.05, 3.63) is 123 Å². The number of likely N-dealkylation sites (tertiary alicyclic amines) is 1. The number of aromatic nitrogens is 1. The molecule has 0 radical (unpaired) electrons. The first-order valence-corrected chi connectivity index (χ1v) is 23.4. The van der Waals surface area contributed by atoms with Crippen LogP contribution >= 0.6 is 11.3 Å². The molecule has 14 heteroatoms. The number of carbonyl (C=O) groups is 6. The van der Waals surface area contributed by atoms with Crippen molar-refractivity contribution in [2.24, 2.45) is 17.8 Å². The second kappa shape index (κ2) is 22.3. The number of piperidine rings is 1. The first kappa shape index (κ1) is 47.7. The Kier molecular flexibility index (Phi) is 16.6. The number of amides is 5. The third kappa shape index (κ3) is 11.9. The lowest BCUT2D eigenvalue weighted by Gasteiger charge is -2.35. The van der Waals surface area contributed by atoms with E-state index in [1.807, 2.05) is 100 Å². The van der Waals surface area contributed by atoms with Crippen LogP contribution in [0.15, 0.2) is 90.3 Å². The maximum atomic E-state index is 14.3. The molecular formula is C50H62N6O7S. The summed E-state index contributed by atoms with van der Waals surface area (Å²) in [5.41, 5.74) is 2.48. The molecule has 1 fully saturated rings. The second-order valence-corrected chi connectivity index (χ2v) is 18.6. The standard InChI is InChI=1S/C50H62N6O7S/c1-7-32(4)43(54-45(58)41-24-16-17-25-55(41)6)46(59)52-39(31(2)3)28-42(56-48(60)37-22-14-15-23-38(37)49(56)61)47-53-40(30-64-47)44(57)51-36(27-34-18-10-8-11-19-34)26-33(5)50(62)63-29-35-20-12-9-13-21-35/h8-15,18-23,30-33,36,39,41-43H,7,16-17,24-29H2,1-6H3,(H,51,57)(H,52,59)(H,54,58)/t32-,33-,36+,39+,41+,42+,43-/m0/s1. The van der Waals surface area contributed by atoms with Gasteiger partial charge in [0.2, 0.25) is 11.8 Å². The molecule has 0 bridgehead atoms. The summed E-state index contributed by atoms with van der Waals surface area (Å²) < 4.78 is 5.63. The minimum atomic E-state index is -0.946. The van der Waals surface area contributed by atoms with Crippen molar-refractivity contribution < 1.29 is 33.5 Å². The third-order valence-corrected chi connectivity index (χ3v) is 13.5. The van der Waals surface area contributed by atoms with Gasteiger partial charge in [-0.3, -0.25) is 38.6 Å². The van der Waals surface area contributed by atoms with E-state index in [-0.39, 0.29) is 65.5 Å². The van der Waals surface area contributed by atoms with Crippen LogP contribution in [0.25, 0.3) is 0 Å². The van der Waals surface area contributed by atoms with Gasteiger partial charge in [-0.2, -0.15) is 0 Å². The number of esters is 1. The monoisotopic (exact) mass is 890 g/mol. The fourth-order valence-electron chi connectivity index (χ4n) is 8.47. The van der Waals surface area contributed by atoms with E-state index >= 15 is 0 Å². The van der Waals surface area contributed by atoms with Gasteiger partial charge in [0.25, 0.3) is 17.7 Å². The Morgan fingerprint density at radius 3 is 2.05 bits per heavy atom. The Morgan fingerprint density at radius 2 is 1.44 bits per heavy atom. The van der Waals surface area contributed by atoms with Gasteiger partial charge < -0.3 is 20.7 Å². The molecule has 7 atom stereocenters. The number of carbonyl (C=O) groups excluding carboxylic acids is 6. The lowest BCUT2D eigenvalue weighted by Crippen LogP contribution is -2.57. The first-order valence-electron chi connectivity index (χ1n) is 22.5. The van der Waals surface area contributed by atoms with Crippen molar-refractivity contribution in [2.45, 2.75) is 116 Å². The van der Waals surface area contributed by atoms with Crippen LogP contribution in [0.2, 0.25) is 0 Å². The minimum Gasteiger partial charge on any atom is -0.461 e. The molecule has 3 N–H and O–H groups in total. The van der Waals surface area contributed by atoms with E-state index in [2.05, 4.69) is 16.0 Å². The quantitative estimate of drug-likeness (QED) is 0.0618. The Morgan fingerprint density at radius 1 is 0.812 bits per heavy atom. The molecule has 1 saturated heterocycles. The average Bonchev–Trinajstić information content (AvgIpc) is 3.89. The predicted molar refractivity (Wildman–Crippen MR) is 246 cm³/mol. The van der Waals surface area contributed by atoms with Crippen LogP contribution in [-0.4, -0.2) is 88.0 Å². The number of nitrogens with zero attached hydrogens (tertiary/aromatic N) is 3. The Labute approximate surface area is 380 Å². The zero-order valence-corrected chi connectivity index (χ0v) is 38.6. The molecule has 6 rings (SSSR count). The van der Waals surface area contributed by atoms with Crippen LogP contribution < -0.4 is 16.0 Å². The summed E-state index contributed by atoms with van der Waals surface area (Å²) in [6, 6.07) is 22.6. The lowest BCUT2D eigenvalue weighted by molar-refractivity contribution is -0.149.